The van der Waals surface area contributed by atoms with Crippen molar-refractivity contribution < 1.29 is 0 Å². The zero-order valence-corrected chi connectivity index (χ0v) is 23.9. The molecule has 1 unspecified atom stereocenters. The van der Waals surface area contributed by atoms with E-state index in [2.05, 4.69) is 132 Å². The fourth-order valence-electron chi connectivity index (χ4n) is 7.88. The zero-order valence-electron chi connectivity index (χ0n) is 23.9. The van der Waals surface area contributed by atoms with Crippen LogP contribution >= 0.6 is 0 Å². The van der Waals surface area contributed by atoms with Crippen molar-refractivity contribution in [2.75, 3.05) is 0 Å². The lowest BCUT2D eigenvalue weighted by Gasteiger charge is -2.29. The van der Waals surface area contributed by atoms with E-state index in [-0.39, 0.29) is 0 Å². The smallest absolute Gasteiger partial charge is 0.160 e. The summed E-state index contributed by atoms with van der Waals surface area (Å²) >= 11 is 0. The number of benzene rings is 5. The van der Waals surface area contributed by atoms with Gasteiger partial charge in [-0.3, -0.25) is 4.57 Å². The number of para-hydroxylation sites is 3. The van der Waals surface area contributed by atoms with Crippen molar-refractivity contribution in [3.63, 3.8) is 0 Å². The highest BCUT2D eigenvalue weighted by molar-refractivity contribution is 5.95. The molecule has 0 saturated carbocycles. The van der Waals surface area contributed by atoms with E-state index >= 15 is 0 Å². The number of rotatable bonds is 2. The minimum Gasteiger partial charge on any atom is -0.295 e. The summed E-state index contributed by atoms with van der Waals surface area (Å²) in [7, 11) is 0. The van der Waals surface area contributed by atoms with E-state index in [1.807, 2.05) is 6.07 Å². The molecule has 10 rings (SSSR count). The second-order valence-electron chi connectivity index (χ2n) is 11.9. The van der Waals surface area contributed by atoms with Crippen LogP contribution in [0, 0.1) is 0 Å². The van der Waals surface area contributed by atoms with E-state index in [1.165, 1.54) is 33.5 Å². The first-order valence-corrected chi connectivity index (χ1v) is 15.3. The summed E-state index contributed by atoms with van der Waals surface area (Å²) in [5.41, 5.74) is 13.5. The van der Waals surface area contributed by atoms with Crippen LogP contribution in [0.3, 0.4) is 0 Å². The molecule has 2 aromatic heterocycles. The van der Waals surface area contributed by atoms with Crippen LogP contribution in [0.1, 0.15) is 35.4 Å². The minimum atomic E-state index is -0.508. The molecule has 5 aromatic carbocycles. The van der Waals surface area contributed by atoms with E-state index in [0.29, 0.717) is 0 Å². The Labute approximate surface area is 254 Å². The summed E-state index contributed by atoms with van der Waals surface area (Å²) in [4.78, 5) is 15.8. The van der Waals surface area contributed by atoms with Gasteiger partial charge in [-0.15, -0.1) is 0 Å². The van der Waals surface area contributed by atoms with Crippen molar-refractivity contribution in [3.05, 3.63) is 162 Å². The molecule has 0 bridgehead atoms. The summed E-state index contributed by atoms with van der Waals surface area (Å²) in [5.74, 6) is 1.80. The van der Waals surface area contributed by atoms with Gasteiger partial charge in [-0.25, -0.2) is 15.0 Å². The molecule has 0 amide bonds. The predicted molar refractivity (Wildman–Crippen MR) is 177 cm³/mol. The Morgan fingerprint density at radius 3 is 2.36 bits per heavy atom. The summed E-state index contributed by atoms with van der Waals surface area (Å²) in [5, 5.41) is 1.05. The van der Waals surface area contributed by atoms with Gasteiger partial charge in [0.25, 0.3) is 0 Å². The molecule has 1 atom stereocenters. The monoisotopic (exact) mass is 562 g/mol. The quantitative estimate of drug-likeness (QED) is 0.211. The highest BCUT2D eigenvalue weighted by Gasteiger charge is 2.55. The molecular weight excluding hydrogens is 536 g/mol. The minimum absolute atomic E-state index is 0.508. The van der Waals surface area contributed by atoms with Crippen molar-refractivity contribution in [1.29, 1.82) is 0 Å². The second kappa shape index (κ2) is 8.71. The van der Waals surface area contributed by atoms with Crippen LogP contribution in [0.2, 0.25) is 0 Å². The van der Waals surface area contributed by atoms with Gasteiger partial charge in [0.05, 0.1) is 27.9 Å². The fourth-order valence-corrected chi connectivity index (χ4v) is 7.88. The molecule has 1 aliphatic heterocycles. The standard InChI is InChI=1S/C40H26N4/c1-2-12-25(13-3-1)37-29-16-6-9-19-33(29)41-38(43-37)26-22-23-35-32(24-26)40(39-42-34-20-10-11-21-36(34)44(35)39)30-17-7-4-14-27(30)28-15-5-8-18-31(28)40/h1-4,6-14,16-24H,5,15H2. The molecular formula is C40H26N4. The molecule has 0 saturated heterocycles. The highest BCUT2D eigenvalue weighted by atomic mass is 15.1. The van der Waals surface area contributed by atoms with Gasteiger partial charge >= 0.3 is 0 Å². The molecule has 4 nitrogen and oxygen atoms in total. The summed E-state index contributed by atoms with van der Waals surface area (Å²) in [6.45, 7) is 0. The molecule has 206 valence electrons. The topological polar surface area (TPSA) is 43.6 Å². The first kappa shape index (κ1) is 23.9. The largest absolute Gasteiger partial charge is 0.295 e. The van der Waals surface area contributed by atoms with Gasteiger partial charge in [0.1, 0.15) is 11.2 Å². The van der Waals surface area contributed by atoms with Gasteiger partial charge in [0.15, 0.2) is 5.82 Å². The summed E-state index contributed by atoms with van der Waals surface area (Å²) < 4.78 is 2.39. The van der Waals surface area contributed by atoms with Crippen LogP contribution in [-0.4, -0.2) is 19.5 Å². The SMILES string of the molecule is C1=CC2=C(CC1)c1ccccc1C21c2cc(-c3nc(-c4ccccc4)c4ccccc4n3)ccc2-n2c1nc1ccccc12. The van der Waals surface area contributed by atoms with Gasteiger partial charge in [-0.2, -0.15) is 0 Å². The van der Waals surface area contributed by atoms with Crippen LogP contribution < -0.4 is 0 Å². The van der Waals surface area contributed by atoms with Gasteiger partial charge in [0.2, 0.25) is 0 Å². The van der Waals surface area contributed by atoms with Crippen molar-refractivity contribution in [1.82, 2.24) is 19.5 Å². The first-order valence-electron chi connectivity index (χ1n) is 15.3. The third-order valence-electron chi connectivity index (χ3n) is 9.68. The number of allylic oxidation sites excluding steroid dienone is 4. The number of imidazole rings is 1. The molecule has 4 heteroatoms. The molecule has 0 fully saturated rings. The maximum absolute atomic E-state index is 5.39. The average Bonchev–Trinajstić information content (AvgIpc) is 3.71. The Bertz CT molecular complexity index is 2390. The fraction of sp³-hybridized carbons (Fsp3) is 0.0750. The zero-order chi connectivity index (χ0) is 28.8. The maximum Gasteiger partial charge on any atom is 0.160 e. The second-order valence-corrected chi connectivity index (χ2v) is 11.9. The molecule has 7 aromatic rings. The molecule has 44 heavy (non-hydrogen) atoms. The number of fused-ring (bicyclic) bond motifs is 12. The summed E-state index contributed by atoms with van der Waals surface area (Å²) in [6.07, 6.45) is 6.79. The van der Waals surface area contributed by atoms with Gasteiger partial charge < -0.3 is 0 Å². The normalized spacial score (nSPS) is 17.7. The van der Waals surface area contributed by atoms with E-state index in [4.69, 9.17) is 15.0 Å². The number of hydrogen-bond donors (Lipinski definition) is 0. The lowest BCUT2D eigenvalue weighted by Crippen LogP contribution is -2.28. The Hall–Kier alpha value is -5.61. The van der Waals surface area contributed by atoms with E-state index in [1.54, 1.807) is 0 Å². The van der Waals surface area contributed by atoms with Gasteiger partial charge in [-0.1, -0.05) is 97.1 Å². The Kier molecular flexibility index (Phi) is 4.73. The van der Waals surface area contributed by atoms with Crippen molar-refractivity contribution in [2.45, 2.75) is 18.3 Å². The van der Waals surface area contributed by atoms with E-state index in [0.717, 1.165) is 63.2 Å². The lowest BCUT2D eigenvalue weighted by molar-refractivity contribution is 0.728. The van der Waals surface area contributed by atoms with Crippen molar-refractivity contribution in [3.8, 4) is 28.3 Å². The molecule has 1 spiro atoms. The molecule has 0 radical (unpaired) electrons. The maximum atomic E-state index is 5.39. The molecule has 3 heterocycles. The Morgan fingerprint density at radius 2 is 1.43 bits per heavy atom. The first-order chi connectivity index (χ1) is 21.8. The van der Waals surface area contributed by atoms with Crippen LogP contribution in [0.25, 0.3) is 55.8 Å². The lowest BCUT2D eigenvalue weighted by atomic mass is 9.71. The van der Waals surface area contributed by atoms with Gasteiger partial charge in [0, 0.05) is 16.5 Å². The predicted octanol–water partition coefficient (Wildman–Crippen LogP) is 9.07. The molecule has 3 aliphatic rings. The number of aromatic nitrogens is 4. The average molecular weight is 563 g/mol. The Balaban J connectivity index is 1.29. The third-order valence-corrected chi connectivity index (χ3v) is 9.68. The van der Waals surface area contributed by atoms with Crippen LogP contribution in [-0.2, 0) is 5.41 Å². The Morgan fingerprint density at radius 1 is 0.636 bits per heavy atom. The van der Waals surface area contributed by atoms with Crippen molar-refractivity contribution in [2.24, 2.45) is 0 Å². The highest BCUT2D eigenvalue weighted by Crippen LogP contribution is 2.61. The number of nitrogens with zero attached hydrogens (tertiary/aromatic N) is 4. The van der Waals surface area contributed by atoms with Crippen LogP contribution in [0.5, 0.6) is 0 Å². The van der Waals surface area contributed by atoms with Crippen LogP contribution in [0.15, 0.2) is 139 Å². The molecule has 0 N–H and O–H groups in total. The molecule has 2 aliphatic carbocycles. The van der Waals surface area contributed by atoms with Crippen molar-refractivity contribution >= 4 is 27.5 Å². The summed E-state index contributed by atoms with van der Waals surface area (Å²) in [6, 6.07) is 43.0. The van der Waals surface area contributed by atoms with E-state index in [9.17, 15) is 0 Å². The van der Waals surface area contributed by atoms with E-state index < -0.39 is 5.41 Å². The van der Waals surface area contributed by atoms with Gasteiger partial charge in [-0.05, 0) is 77.1 Å². The van der Waals surface area contributed by atoms with Crippen LogP contribution in [0.4, 0.5) is 0 Å². The number of hydrogen-bond acceptors (Lipinski definition) is 3. The third kappa shape index (κ3) is 2.99.